The van der Waals surface area contributed by atoms with Gasteiger partial charge in [0.1, 0.15) is 17.5 Å². The first-order valence-electron chi connectivity index (χ1n) is 8.79. The predicted molar refractivity (Wildman–Crippen MR) is 105 cm³/mol. The second-order valence-corrected chi connectivity index (χ2v) is 6.78. The number of rotatable bonds is 5. The fraction of sp³-hybridized carbons (Fsp3) is 0.333. The standard InChI is InChI=1S/C21H24N2O4/c1-12-8-13(2)20(14(3)9-12)22-16-11-19(24)23(21(16)25)17-7-6-15(26-4)10-18(17)27-5/h6-10,16,22H,11H2,1-5H3/t16-/m0/s1. The Labute approximate surface area is 159 Å². The maximum Gasteiger partial charge on any atom is 0.256 e. The smallest absolute Gasteiger partial charge is 0.256 e. The molecule has 1 saturated heterocycles. The largest absolute Gasteiger partial charge is 0.497 e. The van der Waals surface area contributed by atoms with Crippen molar-refractivity contribution >= 4 is 23.2 Å². The van der Waals surface area contributed by atoms with E-state index in [0.29, 0.717) is 17.2 Å². The Morgan fingerprint density at radius 2 is 1.67 bits per heavy atom. The van der Waals surface area contributed by atoms with Crippen molar-refractivity contribution in [1.29, 1.82) is 0 Å². The van der Waals surface area contributed by atoms with Gasteiger partial charge in [0, 0.05) is 11.8 Å². The van der Waals surface area contributed by atoms with Crippen molar-refractivity contribution in [3.05, 3.63) is 47.0 Å². The molecule has 2 amide bonds. The van der Waals surface area contributed by atoms with Crippen LogP contribution < -0.4 is 19.7 Å². The molecule has 0 aliphatic carbocycles. The SMILES string of the molecule is COc1ccc(N2C(=O)C[C@H](Nc3c(C)cc(C)cc3C)C2=O)c(OC)c1. The zero-order valence-corrected chi connectivity index (χ0v) is 16.3. The van der Waals surface area contributed by atoms with E-state index in [1.165, 1.54) is 12.0 Å². The van der Waals surface area contributed by atoms with Gasteiger partial charge in [-0.1, -0.05) is 17.7 Å². The first-order chi connectivity index (χ1) is 12.8. The van der Waals surface area contributed by atoms with Gasteiger partial charge >= 0.3 is 0 Å². The fourth-order valence-corrected chi connectivity index (χ4v) is 3.55. The normalized spacial score (nSPS) is 16.6. The van der Waals surface area contributed by atoms with E-state index in [9.17, 15) is 9.59 Å². The molecule has 27 heavy (non-hydrogen) atoms. The topological polar surface area (TPSA) is 67.9 Å². The number of aryl methyl sites for hydroxylation is 3. The van der Waals surface area contributed by atoms with E-state index in [2.05, 4.69) is 17.4 Å². The van der Waals surface area contributed by atoms with Crippen LogP contribution in [-0.2, 0) is 9.59 Å². The number of benzene rings is 2. The highest BCUT2D eigenvalue weighted by molar-refractivity contribution is 6.23. The third-order valence-corrected chi connectivity index (χ3v) is 4.77. The van der Waals surface area contributed by atoms with Crippen LogP contribution in [0.25, 0.3) is 0 Å². The Hall–Kier alpha value is -3.02. The van der Waals surface area contributed by atoms with Gasteiger partial charge in [0.25, 0.3) is 5.91 Å². The number of methoxy groups -OCH3 is 2. The molecule has 1 fully saturated rings. The third-order valence-electron chi connectivity index (χ3n) is 4.77. The molecular weight excluding hydrogens is 344 g/mol. The van der Waals surface area contributed by atoms with Crippen LogP contribution in [0.2, 0.25) is 0 Å². The van der Waals surface area contributed by atoms with Crippen LogP contribution in [0.4, 0.5) is 11.4 Å². The third kappa shape index (κ3) is 3.47. The number of ether oxygens (including phenoxy) is 2. The Bertz CT molecular complexity index is 884. The highest BCUT2D eigenvalue weighted by atomic mass is 16.5. The molecule has 1 heterocycles. The van der Waals surface area contributed by atoms with E-state index < -0.39 is 6.04 Å². The molecule has 2 aromatic carbocycles. The van der Waals surface area contributed by atoms with Crippen molar-refractivity contribution in [2.24, 2.45) is 0 Å². The summed E-state index contributed by atoms with van der Waals surface area (Å²) in [6.45, 7) is 6.02. The lowest BCUT2D eigenvalue weighted by Crippen LogP contribution is -2.35. The van der Waals surface area contributed by atoms with Crippen molar-refractivity contribution in [3.63, 3.8) is 0 Å². The van der Waals surface area contributed by atoms with E-state index in [1.54, 1.807) is 25.3 Å². The second-order valence-electron chi connectivity index (χ2n) is 6.78. The summed E-state index contributed by atoms with van der Waals surface area (Å²) < 4.78 is 10.5. The molecule has 1 aliphatic rings. The Morgan fingerprint density at radius 1 is 1.00 bits per heavy atom. The molecule has 0 saturated carbocycles. The number of nitrogens with zero attached hydrogens (tertiary/aromatic N) is 1. The summed E-state index contributed by atoms with van der Waals surface area (Å²) in [6, 6.07) is 8.53. The van der Waals surface area contributed by atoms with Gasteiger partial charge in [-0.2, -0.15) is 0 Å². The molecule has 142 valence electrons. The van der Waals surface area contributed by atoms with Gasteiger partial charge in [-0.3, -0.25) is 9.59 Å². The lowest BCUT2D eigenvalue weighted by molar-refractivity contribution is -0.121. The predicted octanol–water partition coefficient (Wildman–Crippen LogP) is 3.37. The van der Waals surface area contributed by atoms with E-state index in [4.69, 9.17) is 9.47 Å². The molecule has 6 heteroatoms. The number of carbonyl (C=O) groups excluding carboxylic acids is 2. The lowest BCUT2D eigenvalue weighted by Gasteiger charge is -2.20. The highest BCUT2D eigenvalue weighted by Crippen LogP contribution is 2.36. The number of imide groups is 1. The number of nitrogens with one attached hydrogen (secondary N) is 1. The molecule has 0 spiro atoms. The van der Waals surface area contributed by atoms with Gasteiger partial charge in [0.2, 0.25) is 5.91 Å². The number of amides is 2. The molecule has 0 unspecified atom stereocenters. The summed E-state index contributed by atoms with van der Waals surface area (Å²) in [5.41, 5.74) is 4.58. The van der Waals surface area contributed by atoms with Crippen LogP contribution in [0.1, 0.15) is 23.1 Å². The van der Waals surface area contributed by atoms with E-state index >= 15 is 0 Å². The van der Waals surface area contributed by atoms with Gasteiger partial charge in [-0.15, -0.1) is 0 Å². The van der Waals surface area contributed by atoms with Crippen LogP contribution in [0.3, 0.4) is 0 Å². The van der Waals surface area contributed by atoms with Gasteiger partial charge in [0.05, 0.1) is 26.3 Å². The van der Waals surface area contributed by atoms with Gasteiger partial charge in [-0.05, 0) is 44.0 Å². The monoisotopic (exact) mass is 368 g/mol. The first kappa shape index (κ1) is 18.8. The molecule has 1 aliphatic heterocycles. The highest BCUT2D eigenvalue weighted by Gasteiger charge is 2.41. The lowest BCUT2D eigenvalue weighted by atomic mass is 10.0. The molecule has 3 rings (SSSR count). The van der Waals surface area contributed by atoms with Crippen LogP contribution in [0.5, 0.6) is 11.5 Å². The molecule has 1 atom stereocenters. The van der Waals surface area contributed by atoms with Crippen molar-refractivity contribution in [2.75, 3.05) is 24.4 Å². The minimum atomic E-state index is -0.607. The van der Waals surface area contributed by atoms with Crippen molar-refractivity contribution < 1.29 is 19.1 Å². The number of anilines is 2. The van der Waals surface area contributed by atoms with Crippen LogP contribution in [0.15, 0.2) is 30.3 Å². The number of hydrogen-bond donors (Lipinski definition) is 1. The quantitative estimate of drug-likeness (QED) is 0.820. The maximum absolute atomic E-state index is 13.0. The summed E-state index contributed by atoms with van der Waals surface area (Å²) in [5, 5.41) is 3.27. The average Bonchev–Trinajstić information content (AvgIpc) is 2.91. The maximum atomic E-state index is 13.0. The Kier molecular flexibility index (Phi) is 5.08. The van der Waals surface area contributed by atoms with Gasteiger partial charge < -0.3 is 14.8 Å². The molecule has 0 aromatic heterocycles. The minimum absolute atomic E-state index is 0.0980. The molecule has 6 nitrogen and oxygen atoms in total. The zero-order valence-electron chi connectivity index (χ0n) is 16.3. The van der Waals surface area contributed by atoms with Crippen LogP contribution >= 0.6 is 0 Å². The molecule has 0 radical (unpaired) electrons. The first-order valence-corrected chi connectivity index (χ1v) is 8.79. The van der Waals surface area contributed by atoms with E-state index in [1.807, 2.05) is 20.8 Å². The van der Waals surface area contributed by atoms with E-state index in [-0.39, 0.29) is 18.2 Å². The summed E-state index contributed by atoms with van der Waals surface area (Å²) in [5.74, 6) is 0.459. The molecule has 1 N–H and O–H groups in total. The average molecular weight is 368 g/mol. The summed E-state index contributed by atoms with van der Waals surface area (Å²) in [4.78, 5) is 26.8. The Morgan fingerprint density at radius 3 is 2.26 bits per heavy atom. The zero-order chi connectivity index (χ0) is 19.7. The molecule has 2 aromatic rings. The van der Waals surface area contributed by atoms with Crippen molar-refractivity contribution in [2.45, 2.75) is 33.2 Å². The van der Waals surface area contributed by atoms with Gasteiger partial charge in [-0.25, -0.2) is 4.90 Å². The van der Waals surface area contributed by atoms with Crippen LogP contribution in [0, 0.1) is 20.8 Å². The van der Waals surface area contributed by atoms with Crippen LogP contribution in [-0.4, -0.2) is 32.1 Å². The van der Waals surface area contributed by atoms with Crippen molar-refractivity contribution in [3.8, 4) is 11.5 Å². The summed E-state index contributed by atoms with van der Waals surface area (Å²) in [7, 11) is 3.05. The second kappa shape index (κ2) is 7.31. The molecule has 0 bridgehead atoms. The minimum Gasteiger partial charge on any atom is -0.497 e. The van der Waals surface area contributed by atoms with Crippen molar-refractivity contribution in [1.82, 2.24) is 0 Å². The fourth-order valence-electron chi connectivity index (χ4n) is 3.55. The molecular formula is C21H24N2O4. The number of carbonyl (C=O) groups is 2. The van der Waals surface area contributed by atoms with Gasteiger partial charge in [0.15, 0.2) is 0 Å². The Balaban J connectivity index is 1.90. The summed E-state index contributed by atoms with van der Waals surface area (Å²) >= 11 is 0. The number of hydrogen-bond acceptors (Lipinski definition) is 5. The summed E-state index contributed by atoms with van der Waals surface area (Å²) in [6.07, 6.45) is 0.0980. The van der Waals surface area contributed by atoms with E-state index in [0.717, 1.165) is 22.4 Å².